The Bertz CT molecular complexity index is 564. The summed E-state index contributed by atoms with van der Waals surface area (Å²) in [7, 11) is 1.90. The van der Waals surface area contributed by atoms with Crippen molar-refractivity contribution in [1.82, 2.24) is 20.0 Å². The number of carbonyl (C=O) groups is 2. The number of nitrogens with zero attached hydrogens (tertiary/aromatic N) is 3. The van der Waals surface area contributed by atoms with Crippen LogP contribution < -0.4 is 5.32 Å². The minimum atomic E-state index is -0.708. The molecule has 1 saturated heterocycles. The molecule has 1 aliphatic carbocycles. The van der Waals surface area contributed by atoms with Crippen molar-refractivity contribution in [1.29, 1.82) is 0 Å². The Morgan fingerprint density at radius 1 is 1.43 bits per heavy atom. The smallest absolute Gasteiger partial charge is 0.248 e. The van der Waals surface area contributed by atoms with Crippen LogP contribution in [0.5, 0.6) is 0 Å². The highest BCUT2D eigenvalue weighted by Crippen LogP contribution is 2.41. The van der Waals surface area contributed by atoms with Crippen molar-refractivity contribution < 1.29 is 9.59 Å². The molecule has 6 nitrogen and oxygen atoms in total. The lowest BCUT2D eigenvalue weighted by Gasteiger charge is -2.32. The SMILES string of the molecule is Cn1nccc1CCN1CCC(=O)NC(C)(C2CC2)C1=O. The molecule has 1 atom stereocenters. The molecule has 2 heterocycles. The Morgan fingerprint density at radius 2 is 2.19 bits per heavy atom. The molecule has 2 aliphatic rings. The van der Waals surface area contributed by atoms with Crippen LogP contribution in [0.4, 0.5) is 0 Å². The maximum atomic E-state index is 12.8. The van der Waals surface area contributed by atoms with Crippen LogP contribution >= 0.6 is 0 Å². The number of carbonyl (C=O) groups excluding carboxylic acids is 2. The van der Waals surface area contributed by atoms with Gasteiger partial charge in [-0.2, -0.15) is 5.10 Å². The molecule has 21 heavy (non-hydrogen) atoms. The Kier molecular flexibility index (Phi) is 3.47. The highest BCUT2D eigenvalue weighted by molar-refractivity contribution is 5.93. The highest BCUT2D eigenvalue weighted by Gasteiger charge is 2.50. The second-order valence-electron chi connectivity index (χ2n) is 6.26. The number of aromatic nitrogens is 2. The van der Waals surface area contributed by atoms with Crippen LogP contribution in [0.25, 0.3) is 0 Å². The van der Waals surface area contributed by atoms with Crippen LogP contribution in [-0.2, 0) is 23.1 Å². The molecule has 2 amide bonds. The second-order valence-corrected chi connectivity index (χ2v) is 6.26. The molecule has 0 spiro atoms. The molecule has 2 fully saturated rings. The van der Waals surface area contributed by atoms with Crippen molar-refractivity contribution in [3.05, 3.63) is 18.0 Å². The van der Waals surface area contributed by atoms with Gasteiger partial charge in [0.1, 0.15) is 5.54 Å². The van der Waals surface area contributed by atoms with Gasteiger partial charge in [0.05, 0.1) is 0 Å². The van der Waals surface area contributed by atoms with Gasteiger partial charge >= 0.3 is 0 Å². The second kappa shape index (κ2) is 5.16. The summed E-state index contributed by atoms with van der Waals surface area (Å²) in [5.41, 5.74) is 0.388. The first kappa shape index (κ1) is 14.1. The summed E-state index contributed by atoms with van der Waals surface area (Å²) in [5, 5.41) is 7.10. The Hall–Kier alpha value is -1.85. The molecule has 6 heteroatoms. The fourth-order valence-electron chi connectivity index (χ4n) is 3.12. The van der Waals surface area contributed by atoms with Gasteiger partial charge in [-0.15, -0.1) is 0 Å². The average Bonchev–Trinajstić information content (AvgIpc) is 3.23. The van der Waals surface area contributed by atoms with Crippen LogP contribution in [-0.4, -0.2) is 45.1 Å². The first-order valence-electron chi connectivity index (χ1n) is 7.58. The lowest BCUT2D eigenvalue weighted by atomic mass is 9.94. The van der Waals surface area contributed by atoms with E-state index in [4.69, 9.17) is 0 Å². The van der Waals surface area contributed by atoms with E-state index in [1.807, 2.05) is 29.6 Å². The molecule has 1 unspecified atom stereocenters. The lowest BCUT2D eigenvalue weighted by Crippen LogP contribution is -2.57. The summed E-state index contributed by atoms with van der Waals surface area (Å²) in [6.07, 6.45) is 4.96. The molecule has 0 radical (unpaired) electrons. The Morgan fingerprint density at radius 3 is 2.81 bits per heavy atom. The summed E-state index contributed by atoms with van der Waals surface area (Å²) < 4.78 is 1.83. The van der Waals surface area contributed by atoms with Crippen molar-refractivity contribution in [3.8, 4) is 0 Å². The van der Waals surface area contributed by atoms with Gasteiger partial charge in [0.2, 0.25) is 11.8 Å². The van der Waals surface area contributed by atoms with E-state index in [9.17, 15) is 9.59 Å². The molecule has 1 aromatic rings. The van der Waals surface area contributed by atoms with Gasteiger partial charge in [0.25, 0.3) is 0 Å². The van der Waals surface area contributed by atoms with E-state index in [0.717, 1.165) is 25.0 Å². The van der Waals surface area contributed by atoms with E-state index >= 15 is 0 Å². The van der Waals surface area contributed by atoms with Gasteiger partial charge < -0.3 is 10.2 Å². The van der Waals surface area contributed by atoms with E-state index in [0.29, 0.717) is 25.4 Å². The number of nitrogens with one attached hydrogen (secondary N) is 1. The Balaban J connectivity index is 1.73. The first-order valence-corrected chi connectivity index (χ1v) is 7.58. The summed E-state index contributed by atoms with van der Waals surface area (Å²) in [6.45, 7) is 3.02. The topological polar surface area (TPSA) is 67.2 Å². The fourth-order valence-corrected chi connectivity index (χ4v) is 3.12. The third kappa shape index (κ3) is 2.66. The van der Waals surface area contributed by atoms with E-state index in [1.165, 1.54) is 0 Å². The molecule has 3 rings (SSSR count). The van der Waals surface area contributed by atoms with Crippen molar-refractivity contribution >= 4 is 11.8 Å². The number of rotatable bonds is 4. The predicted octanol–water partition coefficient (Wildman–Crippen LogP) is 0.480. The zero-order chi connectivity index (χ0) is 15.0. The van der Waals surface area contributed by atoms with Crippen LogP contribution in [0, 0.1) is 5.92 Å². The third-order valence-corrected chi connectivity index (χ3v) is 4.69. The lowest BCUT2D eigenvalue weighted by molar-refractivity contribution is -0.139. The van der Waals surface area contributed by atoms with Crippen molar-refractivity contribution in [2.75, 3.05) is 13.1 Å². The maximum Gasteiger partial charge on any atom is 0.248 e. The van der Waals surface area contributed by atoms with Gasteiger partial charge in [0.15, 0.2) is 0 Å². The summed E-state index contributed by atoms with van der Waals surface area (Å²) in [4.78, 5) is 26.6. The van der Waals surface area contributed by atoms with E-state index in [-0.39, 0.29) is 11.8 Å². The molecule has 0 bridgehead atoms. The van der Waals surface area contributed by atoms with Gasteiger partial charge in [-0.05, 0) is 31.7 Å². The normalized spacial score (nSPS) is 26.7. The zero-order valence-electron chi connectivity index (χ0n) is 12.6. The van der Waals surface area contributed by atoms with E-state index < -0.39 is 5.54 Å². The van der Waals surface area contributed by atoms with Crippen LogP contribution in [0.3, 0.4) is 0 Å². The number of aryl methyl sites for hydroxylation is 1. The maximum absolute atomic E-state index is 12.8. The fraction of sp³-hybridized carbons (Fsp3) is 0.667. The standard InChI is InChI=1S/C15H22N4O2/c1-15(11-3-4-11)14(21)19(10-7-13(20)17-15)9-6-12-5-8-16-18(12)2/h5,8,11H,3-4,6-7,9-10H2,1-2H3,(H,17,20). The molecule has 1 saturated carbocycles. The van der Waals surface area contributed by atoms with Crippen molar-refractivity contribution in [2.24, 2.45) is 13.0 Å². The predicted molar refractivity (Wildman–Crippen MR) is 77.4 cm³/mol. The molecule has 1 N–H and O–H groups in total. The summed E-state index contributed by atoms with van der Waals surface area (Å²) >= 11 is 0. The third-order valence-electron chi connectivity index (χ3n) is 4.69. The van der Waals surface area contributed by atoms with Crippen LogP contribution in [0.15, 0.2) is 12.3 Å². The highest BCUT2D eigenvalue weighted by atomic mass is 16.2. The molecular weight excluding hydrogens is 268 g/mol. The van der Waals surface area contributed by atoms with Crippen LogP contribution in [0.1, 0.15) is 31.9 Å². The minimum Gasteiger partial charge on any atom is -0.342 e. The number of hydrogen-bond acceptors (Lipinski definition) is 3. The number of hydrogen-bond donors (Lipinski definition) is 1. The Labute approximate surface area is 124 Å². The molecule has 1 aliphatic heterocycles. The van der Waals surface area contributed by atoms with E-state index in [2.05, 4.69) is 10.4 Å². The van der Waals surface area contributed by atoms with Gasteiger partial charge in [0, 0.05) is 44.9 Å². The molecular formula is C15H22N4O2. The molecule has 0 aromatic carbocycles. The molecule has 114 valence electrons. The molecule has 1 aromatic heterocycles. The summed E-state index contributed by atoms with van der Waals surface area (Å²) in [5.74, 6) is 0.352. The van der Waals surface area contributed by atoms with Crippen molar-refractivity contribution in [3.63, 3.8) is 0 Å². The van der Waals surface area contributed by atoms with Crippen LogP contribution in [0.2, 0.25) is 0 Å². The van der Waals surface area contributed by atoms with E-state index in [1.54, 1.807) is 6.20 Å². The largest absolute Gasteiger partial charge is 0.342 e. The monoisotopic (exact) mass is 290 g/mol. The number of amides is 2. The minimum absolute atomic E-state index is 0.0132. The quantitative estimate of drug-likeness (QED) is 0.877. The first-order chi connectivity index (χ1) is 10.0. The average molecular weight is 290 g/mol. The van der Waals surface area contributed by atoms with Gasteiger partial charge in [-0.1, -0.05) is 0 Å². The zero-order valence-corrected chi connectivity index (χ0v) is 12.6. The summed E-state index contributed by atoms with van der Waals surface area (Å²) in [6, 6.07) is 1.96. The van der Waals surface area contributed by atoms with Gasteiger partial charge in [-0.3, -0.25) is 14.3 Å². The van der Waals surface area contributed by atoms with Crippen molar-refractivity contribution in [2.45, 2.75) is 38.1 Å². The van der Waals surface area contributed by atoms with Gasteiger partial charge in [-0.25, -0.2) is 0 Å².